The Hall–Kier alpha value is -0.820. The number of hydrogen-bond acceptors (Lipinski definition) is 1. The predicted molar refractivity (Wildman–Crippen MR) is 69.9 cm³/mol. The van der Waals surface area contributed by atoms with E-state index in [1.54, 1.807) is 0 Å². The van der Waals surface area contributed by atoms with Crippen LogP contribution in [0.1, 0.15) is 42.9 Å². The number of nitrogens with one attached hydrogen (secondary N) is 1. The molecule has 2 rings (SSSR count). The van der Waals surface area contributed by atoms with Crippen molar-refractivity contribution in [3.8, 4) is 0 Å². The molecule has 1 heterocycles. The molecular formula is C15H23N. The summed E-state index contributed by atoms with van der Waals surface area (Å²) in [6.07, 6.45) is 6.44. The lowest BCUT2D eigenvalue weighted by Gasteiger charge is -2.23. The van der Waals surface area contributed by atoms with Crippen molar-refractivity contribution >= 4 is 0 Å². The molecule has 1 aromatic rings. The summed E-state index contributed by atoms with van der Waals surface area (Å²) in [6.45, 7) is 5.66. The molecule has 1 saturated heterocycles. The third-order valence-electron chi connectivity index (χ3n) is 3.69. The molecule has 0 bridgehead atoms. The highest BCUT2D eigenvalue weighted by atomic mass is 14.9. The molecule has 1 N–H and O–H groups in total. The molecule has 1 nitrogen and oxygen atoms in total. The van der Waals surface area contributed by atoms with E-state index in [1.165, 1.54) is 48.9 Å². The van der Waals surface area contributed by atoms with Crippen LogP contribution in [0.2, 0.25) is 0 Å². The monoisotopic (exact) mass is 217 g/mol. The maximum atomic E-state index is 3.62. The fourth-order valence-electron chi connectivity index (χ4n) is 2.62. The van der Waals surface area contributed by atoms with Gasteiger partial charge in [-0.2, -0.15) is 0 Å². The van der Waals surface area contributed by atoms with Gasteiger partial charge in [0.05, 0.1) is 0 Å². The average molecular weight is 217 g/mol. The molecule has 0 aromatic heterocycles. The molecule has 1 heteroatoms. The standard InChI is InChI=1S/C15H23N/c1-3-14-10-13(8-7-12(14)2)11-15-6-4-5-9-16-15/h7-8,10,15-16H,3-6,9,11H2,1-2H3. The Labute approximate surface area is 99.3 Å². The van der Waals surface area contributed by atoms with Gasteiger partial charge in [0.2, 0.25) is 0 Å². The van der Waals surface area contributed by atoms with E-state index in [0.29, 0.717) is 6.04 Å². The summed E-state index contributed by atoms with van der Waals surface area (Å²) >= 11 is 0. The van der Waals surface area contributed by atoms with E-state index < -0.39 is 0 Å². The Bertz CT molecular complexity index is 337. The van der Waals surface area contributed by atoms with Crippen LogP contribution in [0.3, 0.4) is 0 Å². The van der Waals surface area contributed by atoms with E-state index in [1.807, 2.05) is 0 Å². The first-order chi connectivity index (χ1) is 7.79. The van der Waals surface area contributed by atoms with Gasteiger partial charge in [-0.3, -0.25) is 0 Å². The lowest BCUT2D eigenvalue weighted by molar-refractivity contribution is 0.399. The molecule has 88 valence electrons. The highest BCUT2D eigenvalue weighted by Gasteiger charge is 2.13. The number of hydrogen-bond donors (Lipinski definition) is 1. The van der Waals surface area contributed by atoms with Crippen molar-refractivity contribution in [3.63, 3.8) is 0 Å². The SMILES string of the molecule is CCc1cc(CC2CCCCN2)ccc1C. The van der Waals surface area contributed by atoms with Crippen LogP contribution in [0, 0.1) is 6.92 Å². The zero-order chi connectivity index (χ0) is 11.4. The second-order valence-electron chi connectivity index (χ2n) is 4.97. The smallest absolute Gasteiger partial charge is 0.0107 e. The highest BCUT2D eigenvalue weighted by molar-refractivity contribution is 5.31. The van der Waals surface area contributed by atoms with Crippen LogP contribution < -0.4 is 5.32 Å². The van der Waals surface area contributed by atoms with E-state index >= 15 is 0 Å². The summed E-state index contributed by atoms with van der Waals surface area (Å²) in [6, 6.07) is 7.68. The molecule has 0 spiro atoms. The van der Waals surface area contributed by atoms with Gasteiger partial charge in [-0.15, -0.1) is 0 Å². The number of rotatable bonds is 3. The molecule has 1 aliphatic heterocycles. The largest absolute Gasteiger partial charge is 0.314 e. The number of benzene rings is 1. The summed E-state index contributed by atoms with van der Waals surface area (Å²) in [5, 5.41) is 3.62. The quantitative estimate of drug-likeness (QED) is 0.819. The van der Waals surface area contributed by atoms with Crippen LogP contribution >= 0.6 is 0 Å². The van der Waals surface area contributed by atoms with E-state index in [0.717, 1.165) is 6.42 Å². The molecular weight excluding hydrogens is 194 g/mol. The van der Waals surface area contributed by atoms with Crippen LogP contribution in [0.5, 0.6) is 0 Å². The van der Waals surface area contributed by atoms with Gasteiger partial charge in [0, 0.05) is 6.04 Å². The van der Waals surface area contributed by atoms with Crippen LogP contribution in [0.4, 0.5) is 0 Å². The first kappa shape index (κ1) is 11.7. The van der Waals surface area contributed by atoms with Crippen LogP contribution in [0.15, 0.2) is 18.2 Å². The number of piperidine rings is 1. The topological polar surface area (TPSA) is 12.0 Å². The summed E-state index contributed by atoms with van der Waals surface area (Å²) in [7, 11) is 0. The molecule has 1 atom stereocenters. The maximum Gasteiger partial charge on any atom is 0.0107 e. The van der Waals surface area contributed by atoms with Crippen molar-refractivity contribution in [1.29, 1.82) is 0 Å². The normalized spacial score (nSPS) is 21.0. The predicted octanol–water partition coefficient (Wildman–Crippen LogP) is 3.24. The lowest BCUT2D eigenvalue weighted by Crippen LogP contribution is -2.35. The minimum absolute atomic E-state index is 0.709. The van der Waals surface area contributed by atoms with Crippen molar-refractivity contribution in [1.82, 2.24) is 5.32 Å². The summed E-state index contributed by atoms with van der Waals surface area (Å²) < 4.78 is 0. The summed E-state index contributed by atoms with van der Waals surface area (Å²) in [5.74, 6) is 0. The van der Waals surface area contributed by atoms with Gasteiger partial charge in [-0.1, -0.05) is 31.5 Å². The van der Waals surface area contributed by atoms with Crippen molar-refractivity contribution in [2.45, 2.75) is 52.0 Å². The first-order valence-electron chi connectivity index (χ1n) is 6.61. The molecule has 1 aliphatic rings. The van der Waals surface area contributed by atoms with E-state index in [2.05, 4.69) is 37.4 Å². The Balaban J connectivity index is 2.03. The van der Waals surface area contributed by atoms with Crippen molar-refractivity contribution in [2.24, 2.45) is 0 Å². The Kier molecular flexibility index (Phi) is 4.00. The fraction of sp³-hybridized carbons (Fsp3) is 0.600. The Morgan fingerprint density at radius 3 is 2.88 bits per heavy atom. The third kappa shape index (κ3) is 2.85. The summed E-state index contributed by atoms with van der Waals surface area (Å²) in [5.41, 5.74) is 4.44. The number of aryl methyl sites for hydroxylation is 2. The van der Waals surface area contributed by atoms with Crippen molar-refractivity contribution in [2.75, 3.05) is 6.54 Å². The molecule has 1 fully saturated rings. The van der Waals surface area contributed by atoms with Gasteiger partial charge >= 0.3 is 0 Å². The van der Waals surface area contributed by atoms with Crippen molar-refractivity contribution in [3.05, 3.63) is 34.9 Å². The maximum absolute atomic E-state index is 3.62. The van der Waals surface area contributed by atoms with Crippen LogP contribution in [0.25, 0.3) is 0 Å². The molecule has 0 radical (unpaired) electrons. The zero-order valence-corrected chi connectivity index (χ0v) is 10.6. The Morgan fingerprint density at radius 2 is 2.19 bits per heavy atom. The van der Waals surface area contributed by atoms with Crippen LogP contribution in [-0.4, -0.2) is 12.6 Å². The molecule has 16 heavy (non-hydrogen) atoms. The second kappa shape index (κ2) is 5.49. The van der Waals surface area contributed by atoms with Gasteiger partial charge < -0.3 is 5.32 Å². The Morgan fingerprint density at radius 1 is 1.31 bits per heavy atom. The van der Waals surface area contributed by atoms with Gasteiger partial charge in [-0.25, -0.2) is 0 Å². The minimum Gasteiger partial charge on any atom is -0.314 e. The van der Waals surface area contributed by atoms with Gasteiger partial charge in [0.15, 0.2) is 0 Å². The van der Waals surface area contributed by atoms with Crippen molar-refractivity contribution < 1.29 is 0 Å². The van der Waals surface area contributed by atoms with E-state index in [4.69, 9.17) is 0 Å². The minimum atomic E-state index is 0.709. The van der Waals surface area contributed by atoms with E-state index in [9.17, 15) is 0 Å². The molecule has 0 aliphatic carbocycles. The van der Waals surface area contributed by atoms with Gasteiger partial charge in [0.25, 0.3) is 0 Å². The van der Waals surface area contributed by atoms with Gasteiger partial charge in [-0.05, 0) is 55.8 Å². The van der Waals surface area contributed by atoms with Crippen LogP contribution in [-0.2, 0) is 12.8 Å². The third-order valence-corrected chi connectivity index (χ3v) is 3.69. The highest BCUT2D eigenvalue weighted by Crippen LogP contribution is 2.16. The van der Waals surface area contributed by atoms with E-state index in [-0.39, 0.29) is 0 Å². The average Bonchev–Trinajstić information content (AvgIpc) is 2.33. The zero-order valence-electron chi connectivity index (χ0n) is 10.6. The fourth-order valence-corrected chi connectivity index (χ4v) is 2.62. The molecule has 0 amide bonds. The summed E-state index contributed by atoms with van der Waals surface area (Å²) in [4.78, 5) is 0. The molecule has 1 unspecified atom stereocenters. The second-order valence-corrected chi connectivity index (χ2v) is 4.97. The molecule has 0 saturated carbocycles. The molecule has 1 aromatic carbocycles. The lowest BCUT2D eigenvalue weighted by atomic mass is 9.95. The first-order valence-corrected chi connectivity index (χ1v) is 6.61. The van der Waals surface area contributed by atoms with Gasteiger partial charge in [0.1, 0.15) is 0 Å².